The van der Waals surface area contributed by atoms with Crippen molar-refractivity contribution in [2.24, 2.45) is 11.3 Å². The fourth-order valence-electron chi connectivity index (χ4n) is 1.93. The minimum Gasteiger partial charge on any atom is -0.381 e. The standard InChI is InChI=1S/C13H27NO2/c1-4-14-10-13(2,3)11-16-9-12-5-7-15-8-6-12/h12,14H,4-11H2,1-3H3. The first-order valence-electron chi connectivity index (χ1n) is 6.50. The van der Waals surface area contributed by atoms with Crippen LogP contribution < -0.4 is 5.32 Å². The Morgan fingerprint density at radius 3 is 2.62 bits per heavy atom. The molecule has 16 heavy (non-hydrogen) atoms. The molecular weight excluding hydrogens is 202 g/mol. The molecule has 0 aliphatic carbocycles. The molecule has 0 unspecified atom stereocenters. The van der Waals surface area contributed by atoms with Crippen molar-refractivity contribution in [1.29, 1.82) is 0 Å². The molecule has 0 bridgehead atoms. The lowest BCUT2D eigenvalue weighted by atomic mass is 9.94. The van der Waals surface area contributed by atoms with Crippen LogP contribution in [0.15, 0.2) is 0 Å². The Balaban J connectivity index is 2.08. The Labute approximate surface area is 99.9 Å². The van der Waals surface area contributed by atoms with E-state index in [1.807, 2.05) is 0 Å². The molecule has 1 fully saturated rings. The van der Waals surface area contributed by atoms with Crippen molar-refractivity contribution in [2.75, 3.05) is 39.5 Å². The molecule has 0 aromatic heterocycles. The molecule has 1 aliphatic heterocycles. The molecule has 1 rings (SSSR count). The van der Waals surface area contributed by atoms with E-state index in [9.17, 15) is 0 Å². The smallest absolute Gasteiger partial charge is 0.0529 e. The fourth-order valence-corrected chi connectivity index (χ4v) is 1.93. The average Bonchev–Trinajstić information content (AvgIpc) is 2.28. The fraction of sp³-hybridized carbons (Fsp3) is 1.00. The molecule has 0 aromatic carbocycles. The van der Waals surface area contributed by atoms with Crippen LogP contribution in [0, 0.1) is 11.3 Å². The van der Waals surface area contributed by atoms with E-state index < -0.39 is 0 Å². The highest BCUT2D eigenvalue weighted by molar-refractivity contribution is 4.71. The zero-order valence-electron chi connectivity index (χ0n) is 11.1. The van der Waals surface area contributed by atoms with E-state index in [1.54, 1.807) is 0 Å². The van der Waals surface area contributed by atoms with Crippen LogP contribution in [-0.2, 0) is 9.47 Å². The Morgan fingerprint density at radius 1 is 1.31 bits per heavy atom. The highest BCUT2D eigenvalue weighted by Crippen LogP contribution is 2.18. The normalized spacial score (nSPS) is 18.9. The van der Waals surface area contributed by atoms with Gasteiger partial charge in [-0.3, -0.25) is 0 Å². The van der Waals surface area contributed by atoms with Crippen molar-refractivity contribution in [3.05, 3.63) is 0 Å². The topological polar surface area (TPSA) is 30.5 Å². The summed E-state index contributed by atoms with van der Waals surface area (Å²) in [5.74, 6) is 0.712. The monoisotopic (exact) mass is 229 g/mol. The molecule has 1 N–H and O–H groups in total. The highest BCUT2D eigenvalue weighted by Gasteiger charge is 2.19. The summed E-state index contributed by atoms with van der Waals surface area (Å²) in [6.45, 7) is 12.3. The van der Waals surface area contributed by atoms with E-state index in [1.165, 1.54) is 0 Å². The number of rotatable bonds is 7. The summed E-state index contributed by atoms with van der Waals surface area (Å²) in [5.41, 5.74) is 0.237. The highest BCUT2D eigenvalue weighted by atomic mass is 16.5. The summed E-state index contributed by atoms with van der Waals surface area (Å²) in [6, 6.07) is 0. The van der Waals surface area contributed by atoms with Crippen LogP contribution in [0.25, 0.3) is 0 Å². The Hall–Kier alpha value is -0.120. The maximum atomic E-state index is 5.84. The van der Waals surface area contributed by atoms with Crippen molar-refractivity contribution in [3.63, 3.8) is 0 Å². The van der Waals surface area contributed by atoms with Crippen molar-refractivity contribution < 1.29 is 9.47 Å². The van der Waals surface area contributed by atoms with Gasteiger partial charge < -0.3 is 14.8 Å². The summed E-state index contributed by atoms with van der Waals surface area (Å²) >= 11 is 0. The summed E-state index contributed by atoms with van der Waals surface area (Å²) in [7, 11) is 0. The van der Waals surface area contributed by atoms with Crippen molar-refractivity contribution in [1.82, 2.24) is 5.32 Å². The van der Waals surface area contributed by atoms with E-state index in [0.717, 1.165) is 52.4 Å². The molecule has 0 amide bonds. The minimum absolute atomic E-state index is 0.237. The Bertz CT molecular complexity index is 177. The van der Waals surface area contributed by atoms with E-state index in [-0.39, 0.29) is 5.41 Å². The van der Waals surface area contributed by atoms with Gasteiger partial charge in [-0.2, -0.15) is 0 Å². The molecule has 96 valence electrons. The van der Waals surface area contributed by atoms with Crippen LogP contribution in [0.4, 0.5) is 0 Å². The maximum absolute atomic E-state index is 5.84. The predicted molar refractivity (Wildman–Crippen MR) is 66.7 cm³/mol. The van der Waals surface area contributed by atoms with E-state index >= 15 is 0 Å². The predicted octanol–water partition coefficient (Wildman–Crippen LogP) is 2.07. The number of hydrogen-bond donors (Lipinski definition) is 1. The molecule has 0 atom stereocenters. The average molecular weight is 229 g/mol. The third-order valence-electron chi connectivity index (χ3n) is 3.04. The third kappa shape index (κ3) is 5.83. The molecule has 3 heteroatoms. The zero-order valence-corrected chi connectivity index (χ0v) is 11.1. The summed E-state index contributed by atoms with van der Waals surface area (Å²) < 4.78 is 11.2. The summed E-state index contributed by atoms with van der Waals surface area (Å²) in [5, 5.41) is 3.38. The molecular formula is C13H27NO2. The van der Waals surface area contributed by atoms with Crippen LogP contribution in [0.5, 0.6) is 0 Å². The van der Waals surface area contributed by atoms with Gasteiger partial charge in [-0.1, -0.05) is 20.8 Å². The molecule has 1 heterocycles. The number of ether oxygens (including phenoxy) is 2. The van der Waals surface area contributed by atoms with Gasteiger partial charge in [0, 0.05) is 31.8 Å². The van der Waals surface area contributed by atoms with Gasteiger partial charge in [0.25, 0.3) is 0 Å². The van der Waals surface area contributed by atoms with Crippen LogP contribution in [-0.4, -0.2) is 39.5 Å². The minimum atomic E-state index is 0.237. The molecule has 0 saturated carbocycles. The largest absolute Gasteiger partial charge is 0.381 e. The van der Waals surface area contributed by atoms with Gasteiger partial charge in [0.15, 0.2) is 0 Å². The van der Waals surface area contributed by atoms with Gasteiger partial charge in [0.2, 0.25) is 0 Å². The Morgan fingerprint density at radius 2 is 2.00 bits per heavy atom. The van der Waals surface area contributed by atoms with Gasteiger partial charge in [-0.15, -0.1) is 0 Å². The summed E-state index contributed by atoms with van der Waals surface area (Å²) in [4.78, 5) is 0. The molecule has 1 aliphatic rings. The van der Waals surface area contributed by atoms with Crippen LogP contribution in [0.3, 0.4) is 0 Å². The van der Waals surface area contributed by atoms with Gasteiger partial charge >= 0.3 is 0 Å². The second-order valence-corrected chi connectivity index (χ2v) is 5.52. The van der Waals surface area contributed by atoms with Crippen molar-refractivity contribution in [3.8, 4) is 0 Å². The molecule has 0 aromatic rings. The van der Waals surface area contributed by atoms with Gasteiger partial charge in [-0.25, -0.2) is 0 Å². The molecule has 3 nitrogen and oxygen atoms in total. The first-order valence-corrected chi connectivity index (χ1v) is 6.50. The SMILES string of the molecule is CCNCC(C)(C)COCC1CCOCC1. The number of hydrogen-bond acceptors (Lipinski definition) is 3. The van der Waals surface area contributed by atoms with E-state index in [2.05, 4.69) is 26.1 Å². The lowest BCUT2D eigenvalue weighted by molar-refractivity contribution is -0.00146. The maximum Gasteiger partial charge on any atom is 0.0529 e. The second-order valence-electron chi connectivity index (χ2n) is 5.52. The zero-order chi connectivity index (χ0) is 11.9. The lowest BCUT2D eigenvalue weighted by Gasteiger charge is -2.27. The molecule has 1 saturated heterocycles. The first-order chi connectivity index (χ1) is 7.64. The number of nitrogens with one attached hydrogen (secondary N) is 1. The summed E-state index contributed by atoms with van der Waals surface area (Å²) in [6.07, 6.45) is 2.32. The first kappa shape index (κ1) is 13.9. The second kappa shape index (κ2) is 7.25. The quantitative estimate of drug-likeness (QED) is 0.725. The van der Waals surface area contributed by atoms with Crippen LogP contribution >= 0.6 is 0 Å². The lowest BCUT2D eigenvalue weighted by Crippen LogP contribution is -2.34. The van der Waals surface area contributed by atoms with Gasteiger partial charge in [0.05, 0.1) is 6.61 Å². The van der Waals surface area contributed by atoms with Crippen LogP contribution in [0.1, 0.15) is 33.6 Å². The van der Waals surface area contributed by atoms with Crippen molar-refractivity contribution >= 4 is 0 Å². The van der Waals surface area contributed by atoms with Crippen LogP contribution in [0.2, 0.25) is 0 Å². The third-order valence-corrected chi connectivity index (χ3v) is 3.04. The van der Waals surface area contributed by atoms with E-state index in [0.29, 0.717) is 5.92 Å². The van der Waals surface area contributed by atoms with Gasteiger partial charge in [0.1, 0.15) is 0 Å². The Kier molecular flexibility index (Phi) is 6.32. The molecule has 0 spiro atoms. The van der Waals surface area contributed by atoms with Gasteiger partial charge in [-0.05, 0) is 25.3 Å². The van der Waals surface area contributed by atoms with Crippen molar-refractivity contribution in [2.45, 2.75) is 33.6 Å². The van der Waals surface area contributed by atoms with E-state index in [4.69, 9.17) is 9.47 Å². The molecule has 0 radical (unpaired) electrons.